The molecule has 0 aromatic heterocycles. The van der Waals surface area contributed by atoms with Crippen LogP contribution < -0.4 is 0 Å². The van der Waals surface area contributed by atoms with Gasteiger partial charge in [-0.2, -0.15) is 0 Å². The van der Waals surface area contributed by atoms with Gasteiger partial charge in [0.25, 0.3) is 0 Å². The van der Waals surface area contributed by atoms with Crippen LogP contribution in [0.5, 0.6) is 0 Å². The van der Waals surface area contributed by atoms with Gasteiger partial charge in [-0.1, -0.05) is 6.07 Å². The van der Waals surface area contributed by atoms with Crippen molar-refractivity contribution in [1.82, 2.24) is 4.90 Å². The average molecular weight is 323 g/mol. The minimum atomic E-state index is -0.968. The SMILES string of the molecule is Cc1cc(F)ccc1C1CN(C(=O)OC(C)(C)C)CC1C(=O)O. The molecule has 1 aromatic rings. The first-order chi connectivity index (χ1) is 10.6. The molecule has 5 nitrogen and oxygen atoms in total. The van der Waals surface area contributed by atoms with Gasteiger partial charge in [0.1, 0.15) is 11.4 Å². The highest BCUT2D eigenvalue weighted by molar-refractivity contribution is 5.76. The highest BCUT2D eigenvalue weighted by Gasteiger charge is 2.42. The third-order valence-electron chi connectivity index (χ3n) is 3.92. The van der Waals surface area contributed by atoms with Gasteiger partial charge in [0, 0.05) is 19.0 Å². The molecule has 2 atom stereocenters. The number of aryl methyl sites for hydroxylation is 1. The van der Waals surface area contributed by atoms with E-state index in [0.29, 0.717) is 5.56 Å². The summed E-state index contributed by atoms with van der Waals surface area (Å²) >= 11 is 0. The Hall–Kier alpha value is -2.11. The van der Waals surface area contributed by atoms with E-state index in [0.717, 1.165) is 5.56 Å². The van der Waals surface area contributed by atoms with Gasteiger partial charge in [0.2, 0.25) is 0 Å². The van der Waals surface area contributed by atoms with Crippen LogP contribution in [-0.2, 0) is 9.53 Å². The lowest BCUT2D eigenvalue weighted by molar-refractivity contribution is -0.141. The number of halogens is 1. The highest BCUT2D eigenvalue weighted by Crippen LogP contribution is 2.35. The smallest absolute Gasteiger partial charge is 0.410 e. The molecular formula is C17H22FNO4. The Labute approximate surface area is 135 Å². The van der Waals surface area contributed by atoms with Gasteiger partial charge in [-0.25, -0.2) is 9.18 Å². The Bertz CT molecular complexity index is 624. The fourth-order valence-corrected chi connectivity index (χ4v) is 2.90. The van der Waals surface area contributed by atoms with Crippen molar-refractivity contribution in [2.45, 2.75) is 39.2 Å². The summed E-state index contributed by atoms with van der Waals surface area (Å²) in [6.07, 6.45) is -0.522. The maximum absolute atomic E-state index is 13.3. The first-order valence-electron chi connectivity index (χ1n) is 7.55. The van der Waals surface area contributed by atoms with Gasteiger partial charge >= 0.3 is 12.1 Å². The maximum Gasteiger partial charge on any atom is 0.410 e. The van der Waals surface area contributed by atoms with Crippen molar-refractivity contribution in [3.8, 4) is 0 Å². The van der Waals surface area contributed by atoms with Crippen molar-refractivity contribution in [2.24, 2.45) is 5.92 Å². The number of aliphatic carboxylic acids is 1. The number of benzene rings is 1. The molecule has 1 aromatic carbocycles. The lowest BCUT2D eigenvalue weighted by Crippen LogP contribution is -2.35. The van der Waals surface area contributed by atoms with Crippen LogP contribution in [-0.4, -0.2) is 40.8 Å². The number of rotatable bonds is 2. The van der Waals surface area contributed by atoms with Crippen LogP contribution in [0.3, 0.4) is 0 Å². The van der Waals surface area contributed by atoms with Crippen LogP contribution in [0.2, 0.25) is 0 Å². The van der Waals surface area contributed by atoms with E-state index in [1.807, 2.05) is 0 Å². The topological polar surface area (TPSA) is 66.8 Å². The van der Waals surface area contributed by atoms with Crippen molar-refractivity contribution in [3.05, 3.63) is 35.1 Å². The van der Waals surface area contributed by atoms with Gasteiger partial charge in [0.05, 0.1) is 5.92 Å². The lowest BCUT2D eigenvalue weighted by atomic mass is 9.86. The molecule has 1 aliphatic rings. The number of amides is 1. The Kier molecular flexibility index (Phi) is 4.63. The molecular weight excluding hydrogens is 301 g/mol. The molecule has 126 valence electrons. The van der Waals surface area contributed by atoms with E-state index >= 15 is 0 Å². The number of hydrogen-bond acceptors (Lipinski definition) is 3. The normalized spacial score (nSPS) is 21.3. The fourth-order valence-electron chi connectivity index (χ4n) is 2.90. The van der Waals surface area contributed by atoms with E-state index in [1.54, 1.807) is 33.8 Å². The molecule has 6 heteroatoms. The van der Waals surface area contributed by atoms with E-state index in [9.17, 15) is 19.1 Å². The monoisotopic (exact) mass is 323 g/mol. The molecule has 0 spiro atoms. The van der Waals surface area contributed by atoms with Crippen LogP contribution in [0.15, 0.2) is 18.2 Å². The van der Waals surface area contributed by atoms with E-state index < -0.39 is 23.6 Å². The maximum atomic E-state index is 13.3. The Morgan fingerprint density at radius 1 is 1.30 bits per heavy atom. The largest absolute Gasteiger partial charge is 0.481 e. The van der Waals surface area contributed by atoms with Gasteiger partial charge in [0.15, 0.2) is 0 Å². The third kappa shape index (κ3) is 4.00. The molecule has 0 radical (unpaired) electrons. The van der Waals surface area contributed by atoms with Crippen LogP contribution in [0, 0.1) is 18.7 Å². The molecule has 1 fully saturated rings. The molecule has 0 bridgehead atoms. The highest BCUT2D eigenvalue weighted by atomic mass is 19.1. The first kappa shape index (κ1) is 17.2. The zero-order valence-electron chi connectivity index (χ0n) is 13.8. The summed E-state index contributed by atoms with van der Waals surface area (Å²) in [5.41, 5.74) is 0.803. The molecule has 0 saturated carbocycles. The van der Waals surface area contributed by atoms with Gasteiger partial charge in [-0.05, 0) is 51.0 Å². The molecule has 2 rings (SSSR count). The molecule has 1 N–H and O–H groups in total. The number of hydrogen-bond donors (Lipinski definition) is 1. The molecule has 23 heavy (non-hydrogen) atoms. The van der Waals surface area contributed by atoms with Crippen LogP contribution in [0.25, 0.3) is 0 Å². The Morgan fingerprint density at radius 2 is 1.96 bits per heavy atom. The third-order valence-corrected chi connectivity index (χ3v) is 3.92. The van der Waals surface area contributed by atoms with Crippen LogP contribution in [0.1, 0.15) is 37.8 Å². The fraction of sp³-hybridized carbons (Fsp3) is 0.529. The summed E-state index contributed by atoms with van der Waals surface area (Å²) in [6, 6.07) is 4.30. The number of nitrogens with zero attached hydrogens (tertiary/aromatic N) is 1. The second-order valence-corrected chi connectivity index (χ2v) is 6.94. The van der Waals surface area contributed by atoms with Crippen molar-refractivity contribution >= 4 is 12.1 Å². The molecule has 2 unspecified atom stereocenters. The minimum absolute atomic E-state index is 0.0890. The number of carbonyl (C=O) groups excluding carboxylic acids is 1. The van der Waals surface area contributed by atoms with Crippen molar-refractivity contribution < 1.29 is 23.8 Å². The van der Waals surface area contributed by atoms with Crippen molar-refractivity contribution in [1.29, 1.82) is 0 Å². The zero-order chi connectivity index (χ0) is 17.4. The summed E-state index contributed by atoms with van der Waals surface area (Å²) in [4.78, 5) is 25.2. The second kappa shape index (κ2) is 6.18. The Morgan fingerprint density at radius 3 is 2.48 bits per heavy atom. The van der Waals surface area contributed by atoms with Crippen LogP contribution >= 0.6 is 0 Å². The van der Waals surface area contributed by atoms with Gasteiger partial charge in [-0.15, -0.1) is 0 Å². The van der Waals surface area contributed by atoms with E-state index in [4.69, 9.17) is 4.74 Å². The summed E-state index contributed by atoms with van der Waals surface area (Å²) in [7, 11) is 0. The quantitative estimate of drug-likeness (QED) is 0.908. The molecule has 1 aliphatic heterocycles. The number of carbonyl (C=O) groups is 2. The van der Waals surface area contributed by atoms with Crippen LogP contribution in [0.4, 0.5) is 9.18 Å². The average Bonchev–Trinajstić information content (AvgIpc) is 2.81. The number of ether oxygens (including phenoxy) is 1. The van der Waals surface area contributed by atoms with E-state index in [-0.39, 0.29) is 24.8 Å². The minimum Gasteiger partial charge on any atom is -0.481 e. The van der Waals surface area contributed by atoms with Gasteiger partial charge in [-0.3, -0.25) is 4.79 Å². The second-order valence-electron chi connectivity index (χ2n) is 6.94. The molecule has 0 aliphatic carbocycles. The lowest BCUT2D eigenvalue weighted by Gasteiger charge is -2.24. The molecule has 1 saturated heterocycles. The molecule has 1 amide bonds. The van der Waals surface area contributed by atoms with Crippen molar-refractivity contribution in [3.63, 3.8) is 0 Å². The number of likely N-dealkylation sites (tertiary alicyclic amines) is 1. The number of carboxylic acids is 1. The van der Waals surface area contributed by atoms with Gasteiger partial charge < -0.3 is 14.7 Å². The summed E-state index contributed by atoms with van der Waals surface area (Å²) in [6.45, 7) is 7.36. The first-order valence-corrected chi connectivity index (χ1v) is 7.55. The van der Waals surface area contributed by atoms with E-state index in [1.165, 1.54) is 17.0 Å². The van der Waals surface area contributed by atoms with Crippen molar-refractivity contribution in [2.75, 3.05) is 13.1 Å². The van der Waals surface area contributed by atoms with E-state index in [2.05, 4.69) is 0 Å². The summed E-state index contributed by atoms with van der Waals surface area (Å²) < 4.78 is 18.6. The Balaban J connectivity index is 2.25. The zero-order valence-corrected chi connectivity index (χ0v) is 13.8. The number of carboxylic acid groups (broad SMARTS) is 1. The predicted octanol–water partition coefficient (Wildman–Crippen LogP) is 3.17. The summed E-state index contributed by atoms with van der Waals surface area (Å²) in [5.74, 6) is -2.43. The summed E-state index contributed by atoms with van der Waals surface area (Å²) in [5, 5.41) is 9.47. The predicted molar refractivity (Wildman–Crippen MR) is 82.8 cm³/mol. The molecule has 1 heterocycles. The standard InChI is InChI=1S/C17H22FNO4/c1-10-7-11(18)5-6-12(10)13-8-19(9-14(13)15(20)21)16(22)23-17(2,3)4/h5-7,13-14H,8-9H2,1-4H3,(H,20,21).